The lowest BCUT2D eigenvalue weighted by molar-refractivity contribution is -0.129. The second kappa shape index (κ2) is 11.7. The highest BCUT2D eigenvalue weighted by Crippen LogP contribution is 2.68. The molecule has 9 atom stereocenters. The largest absolute Gasteiger partial charge is 0.430 e. The van der Waals surface area contributed by atoms with Crippen molar-refractivity contribution in [3.63, 3.8) is 0 Å². The number of fused-ring (bicyclic) bond motifs is 5. The molecule has 2 aromatic rings. The Bertz CT molecular complexity index is 1160. The van der Waals surface area contributed by atoms with Gasteiger partial charge < -0.3 is 14.2 Å². The highest BCUT2D eigenvalue weighted by molar-refractivity contribution is 7.54. The molecular formula is C36H51O4P. The van der Waals surface area contributed by atoms with Crippen molar-refractivity contribution in [2.24, 2.45) is 46.3 Å². The molecule has 5 heteroatoms. The van der Waals surface area contributed by atoms with Crippen molar-refractivity contribution in [3.05, 3.63) is 60.7 Å². The van der Waals surface area contributed by atoms with E-state index in [0.29, 0.717) is 34.4 Å². The average Bonchev–Trinajstić information content (AvgIpc) is 3.32. The molecule has 3 unspecified atom stereocenters. The third-order valence-electron chi connectivity index (χ3n) is 12.5. The van der Waals surface area contributed by atoms with Crippen LogP contribution in [0.5, 0.6) is 11.5 Å². The molecule has 4 aliphatic rings. The molecule has 0 spiro atoms. The van der Waals surface area contributed by atoms with Crippen molar-refractivity contribution in [1.29, 1.82) is 0 Å². The Morgan fingerprint density at radius 3 is 2.10 bits per heavy atom. The molecule has 4 aliphatic carbocycles. The fraction of sp³-hybridized carbons (Fsp3) is 0.667. The Labute approximate surface area is 248 Å². The third kappa shape index (κ3) is 5.77. The first-order valence-electron chi connectivity index (χ1n) is 16.5. The van der Waals surface area contributed by atoms with Crippen LogP contribution in [-0.2, 0) is 4.57 Å². The Hall–Kier alpha value is -1.77. The highest BCUT2D eigenvalue weighted by Gasteiger charge is 2.60. The molecule has 4 nitrogen and oxygen atoms in total. The molecule has 0 aromatic heterocycles. The van der Waals surface area contributed by atoms with Crippen molar-refractivity contribution in [2.45, 2.75) is 97.5 Å². The second-order valence-electron chi connectivity index (χ2n) is 14.6. The summed E-state index contributed by atoms with van der Waals surface area (Å²) in [6.45, 7) is 7.67. The lowest BCUT2D eigenvalue weighted by Crippen LogP contribution is -2.54. The van der Waals surface area contributed by atoms with Gasteiger partial charge in [-0.3, -0.25) is 0 Å². The number of hydrogen-bond donors (Lipinski definition) is 1. The van der Waals surface area contributed by atoms with Gasteiger partial charge in [0.15, 0.2) is 0 Å². The molecule has 4 fully saturated rings. The minimum absolute atomic E-state index is 0.0679. The molecular weight excluding hydrogens is 527 g/mol. The van der Waals surface area contributed by atoms with E-state index in [1.807, 2.05) is 60.7 Å². The number of benzene rings is 2. The van der Waals surface area contributed by atoms with E-state index < -0.39 is 7.60 Å². The van der Waals surface area contributed by atoms with Gasteiger partial charge in [0.2, 0.25) is 0 Å². The Morgan fingerprint density at radius 1 is 0.829 bits per heavy atom. The van der Waals surface area contributed by atoms with Crippen molar-refractivity contribution in [1.82, 2.24) is 0 Å². The van der Waals surface area contributed by atoms with Crippen LogP contribution in [0.25, 0.3) is 0 Å². The van der Waals surface area contributed by atoms with Gasteiger partial charge in [0, 0.05) is 0 Å². The Kier molecular flexibility index (Phi) is 8.38. The summed E-state index contributed by atoms with van der Waals surface area (Å²) in [5, 5.41) is 10.4. The summed E-state index contributed by atoms with van der Waals surface area (Å²) >= 11 is 0. The van der Waals surface area contributed by atoms with Crippen LogP contribution in [0.15, 0.2) is 60.7 Å². The average molecular weight is 579 g/mol. The van der Waals surface area contributed by atoms with Gasteiger partial charge >= 0.3 is 7.60 Å². The summed E-state index contributed by atoms with van der Waals surface area (Å²) in [7, 11) is -3.36. The van der Waals surface area contributed by atoms with E-state index >= 15 is 0 Å². The summed E-state index contributed by atoms with van der Waals surface area (Å²) in [6, 6.07) is 18.9. The second-order valence-corrected chi connectivity index (χ2v) is 16.6. The van der Waals surface area contributed by atoms with Crippen molar-refractivity contribution < 1.29 is 18.7 Å². The number of para-hydroxylation sites is 2. The normalized spacial score (nSPS) is 37.4. The minimum Gasteiger partial charge on any atom is -0.416 e. The number of hydrogen-bond acceptors (Lipinski definition) is 4. The van der Waals surface area contributed by atoms with Crippen LogP contribution >= 0.6 is 7.60 Å². The molecule has 4 saturated carbocycles. The molecule has 1 N–H and O–H groups in total. The minimum atomic E-state index is -3.36. The van der Waals surface area contributed by atoms with Gasteiger partial charge in [-0.2, -0.15) is 0 Å². The van der Waals surface area contributed by atoms with Crippen LogP contribution in [0, 0.1) is 46.3 Å². The zero-order valence-electron chi connectivity index (χ0n) is 25.4. The van der Waals surface area contributed by atoms with Crippen LogP contribution in [-0.4, -0.2) is 17.4 Å². The zero-order valence-corrected chi connectivity index (χ0v) is 26.3. The first-order valence-corrected chi connectivity index (χ1v) is 18.2. The van der Waals surface area contributed by atoms with E-state index in [4.69, 9.17) is 9.05 Å². The molecule has 0 amide bonds. The van der Waals surface area contributed by atoms with Gasteiger partial charge in [0.05, 0.1) is 12.3 Å². The van der Waals surface area contributed by atoms with Crippen LogP contribution < -0.4 is 9.05 Å². The van der Waals surface area contributed by atoms with Gasteiger partial charge in [0.1, 0.15) is 11.5 Å². The first-order chi connectivity index (χ1) is 19.7. The van der Waals surface area contributed by atoms with Crippen LogP contribution in [0.1, 0.15) is 91.4 Å². The number of aliphatic hydroxyl groups is 1. The standard InChI is InChI=1S/C36H51O4P/c1-26(11-10-24-41(38,39-29-12-6-4-7-13-29)40-30-14-8-5-9-15-30)32-18-19-33-31-17-16-27-25-28(37)20-22-35(27,2)34(31)21-23-36(32,33)3/h4-9,12-15,26-28,31-34,37H,10-11,16-25H2,1-3H3/t26?,27-,28-,31?,32?,33+,34-,35+,36-/m1/s1. The number of aliphatic hydroxyl groups excluding tert-OH is 1. The summed E-state index contributed by atoms with van der Waals surface area (Å²) in [5.74, 6) is 5.79. The summed E-state index contributed by atoms with van der Waals surface area (Å²) in [4.78, 5) is 0. The molecule has 0 radical (unpaired) electrons. The van der Waals surface area contributed by atoms with Crippen molar-refractivity contribution in [2.75, 3.05) is 6.16 Å². The highest BCUT2D eigenvalue weighted by atomic mass is 31.2. The maximum Gasteiger partial charge on any atom is 0.430 e. The van der Waals surface area contributed by atoms with E-state index in [1.54, 1.807) is 0 Å². The summed E-state index contributed by atoms with van der Waals surface area (Å²) < 4.78 is 26.1. The zero-order chi connectivity index (χ0) is 28.7. The van der Waals surface area contributed by atoms with Gasteiger partial charge in [-0.05, 0) is 141 Å². The fourth-order valence-corrected chi connectivity index (χ4v) is 12.1. The van der Waals surface area contributed by atoms with Gasteiger partial charge in [0.25, 0.3) is 0 Å². The summed E-state index contributed by atoms with van der Waals surface area (Å²) in [5.41, 5.74) is 0.856. The quantitative estimate of drug-likeness (QED) is 0.301. The number of rotatable bonds is 9. The van der Waals surface area contributed by atoms with Crippen LogP contribution in [0.4, 0.5) is 0 Å². The van der Waals surface area contributed by atoms with E-state index in [0.717, 1.165) is 55.3 Å². The summed E-state index contributed by atoms with van der Waals surface area (Å²) in [6.07, 6.45) is 13.6. The fourth-order valence-electron chi connectivity index (χ4n) is 10.4. The molecule has 0 heterocycles. The molecule has 41 heavy (non-hydrogen) atoms. The van der Waals surface area contributed by atoms with Crippen molar-refractivity contribution in [3.8, 4) is 11.5 Å². The topological polar surface area (TPSA) is 55.8 Å². The molecule has 0 aliphatic heterocycles. The first kappa shape index (κ1) is 29.3. The lowest BCUT2D eigenvalue weighted by Gasteiger charge is -2.61. The van der Waals surface area contributed by atoms with Crippen LogP contribution in [0.2, 0.25) is 0 Å². The third-order valence-corrected chi connectivity index (χ3v) is 14.3. The predicted octanol–water partition coefficient (Wildman–Crippen LogP) is 9.77. The SMILES string of the molecule is CC(CCCP(=O)(Oc1ccccc1)Oc1ccccc1)C1CC[C@H]2C3CC[C@@H]4C[C@H](O)CC[C@]4(C)[C@@H]3CC[C@]12C. The maximum absolute atomic E-state index is 14.0. The Morgan fingerprint density at radius 2 is 1.44 bits per heavy atom. The lowest BCUT2D eigenvalue weighted by atomic mass is 9.44. The smallest absolute Gasteiger partial charge is 0.416 e. The molecule has 0 bridgehead atoms. The van der Waals surface area contributed by atoms with Gasteiger partial charge in [-0.25, -0.2) is 4.57 Å². The monoisotopic (exact) mass is 578 g/mol. The van der Waals surface area contributed by atoms with E-state index in [1.165, 1.54) is 44.9 Å². The predicted molar refractivity (Wildman–Crippen MR) is 166 cm³/mol. The molecule has 224 valence electrons. The molecule has 0 saturated heterocycles. The van der Waals surface area contributed by atoms with Crippen LogP contribution in [0.3, 0.4) is 0 Å². The van der Waals surface area contributed by atoms with E-state index in [9.17, 15) is 9.67 Å². The van der Waals surface area contributed by atoms with E-state index in [-0.39, 0.29) is 6.10 Å². The molecule has 2 aromatic carbocycles. The Balaban J connectivity index is 1.10. The van der Waals surface area contributed by atoms with Gasteiger partial charge in [-0.1, -0.05) is 57.2 Å². The van der Waals surface area contributed by atoms with E-state index in [2.05, 4.69) is 20.8 Å². The van der Waals surface area contributed by atoms with Gasteiger partial charge in [-0.15, -0.1) is 0 Å². The maximum atomic E-state index is 14.0. The van der Waals surface area contributed by atoms with Crippen molar-refractivity contribution >= 4 is 7.60 Å². The molecule has 6 rings (SSSR count).